The van der Waals surface area contributed by atoms with Gasteiger partial charge in [0.05, 0.1) is 5.02 Å². The molecule has 1 N–H and O–H groups in total. The SMILES string of the molecule is CNc1nccc(Br)c1Cl. The summed E-state index contributed by atoms with van der Waals surface area (Å²) in [5.41, 5.74) is 0. The summed E-state index contributed by atoms with van der Waals surface area (Å²) in [6.07, 6.45) is 1.68. The van der Waals surface area contributed by atoms with Crippen molar-refractivity contribution in [1.82, 2.24) is 4.98 Å². The Morgan fingerprint density at radius 2 is 2.40 bits per heavy atom. The predicted molar refractivity (Wildman–Crippen MR) is 46.5 cm³/mol. The van der Waals surface area contributed by atoms with Crippen molar-refractivity contribution in [1.29, 1.82) is 0 Å². The molecule has 0 radical (unpaired) electrons. The molecule has 0 bridgehead atoms. The van der Waals surface area contributed by atoms with Crippen LogP contribution in [-0.2, 0) is 0 Å². The van der Waals surface area contributed by atoms with E-state index >= 15 is 0 Å². The van der Waals surface area contributed by atoms with Crippen LogP contribution < -0.4 is 5.32 Å². The quantitative estimate of drug-likeness (QED) is 0.788. The van der Waals surface area contributed by atoms with Gasteiger partial charge in [0.2, 0.25) is 0 Å². The van der Waals surface area contributed by atoms with Crippen molar-refractivity contribution in [2.45, 2.75) is 0 Å². The van der Waals surface area contributed by atoms with Crippen LogP contribution in [0, 0.1) is 0 Å². The molecule has 0 aliphatic carbocycles. The molecule has 10 heavy (non-hydrogen) atoms. The lowest BCUT2D eigenvalue weighted by Gasteiger charge is -2.01. The van der Waals surface area contributed by atoms with Crippen molar-refractivity contribution in [3.05, 3.63) is 21.8 Å². The third-order valence-electron chi connectivity index (χ3n) is 1.08. The molecule has 1 heterocycles. The third-order valence-corrected chi connectivity index (χ3v) is 2.35. The first-order chi connectivity index (χ1) is 4.75. The standard InChI is InChI=1S/C6H6BrClN2/c1-9-6-5(8)4(7)2-3-10-6/h2-3H,1H3,(H,9,10). The summed E-state index contributed by atoms with van der Waals surface area (Å²) in [5, 5.41) is 3.48. The van der Waals surface area contributed by atoms with Crippen LogP contribution in [-0.4, -0.2) is 12.0 Å². The van der Waals surface area contributed by atoms with Crippen molar-refractivity contribution in [2.75, 3.05) is 12.4 Å². The van der Waals surface area contributed by atoms with Gasteiger partial charge in [-0.15, -0.1) is 0 Å². The van der Waals surface area contributed by atoms with Gasteiger partial charge in [0.25, 0.3) is 0 Å². The summed E-state index contributed by atoms with van der Waals surface area (Å²) < 4.78 is 0.855. The second-order valence-corrected chi connectivity index (χ2v) is 2.94. The number of anilines is 1. The molecule has 1 aromatic rings. The largest absolute Gasteiger partial charge is 0.372 e. The molecule has 0 saturated carbocycles. The molecular formula is C6H6BrClN2. The van der Waals surface area contributed by atoms with Gasteiger partial charge in [0.15, 0.2) is 0 Å². The van der Waals surface area contributed by atoms with Crippen LogP contribution in [0.4, 0.5) is 5.82 Å². The van der Waals surface area contributed by atoms with E-state index in [2.05, 4.69) is 26.2 Å². The molecule has 0 atom stereocenters. The van der Waals surface area contributed by atoms with E-state index in [4.69, 9.17) is 11.6 Å². The van der Waals surface area contributed by atoms with E-state index in [0.29, 0.717) is 10.8 Å². The monoisotopic (exact) mass is 220 g/mol. The number of halogens is 2. The van der Waals surface area contributed by atoms with Gasteiger partial charge in [-0.05, 0) is 22.0 Å². The van der Waals surface area contributed by atoms with Crippen LogP contribution >= 0.6 is 27.5 Å². The maximum atomic E-state index is 5.82. The summed E-state index contributed by atoms with van der Waals surface area (Å²) in [4.78, 5) is 3.98. The van der Waals surface area contributed by atoms with E-state index in [1.54, 1.807) is 19.3 Å². The summed E-state index contributed by atoms with van der Waals surface area (Å²) in [6.45, 7) is 0. The minimum absolute atomic E-state index is 0.616. The molecule has 2 nitrogen and oxygen atoms in total. The second kappa shape index (κ2) is 3.21. The first-order valence-electron chi connectivity index (χ1n) is 2.73. The molecule has 1 rings (SSSR count). The fourth-order valence-corrected chi connectivity index (χ4v) is 1.11. The molecule has 54 valence electrons. The Hall–Kier alpha value is -0.280. The van der Waals surface area contributed by atoms with Crippen molar-refractivity contribution in [2.24, 2.45) is 0 Å². The molecule has 0 aliphatic rings. The Bertz CT molecular complexity index is 239. The minimum atomic E-state index is 0.616. The van der Waals surface area contributed by atoms with Gasteiger partial charge in [-0.1, -0.05) is 11.6 Å². The van der Waals surface area contributed by atoms with Gasteiger partial charge >= 0.3 is 0 Å². The molecule has 0 amide bonds. The zero-order chi connectivity index (χ0) is 7.56. The van der Waals surface area contributed by atoms with Crippen LogP contribution in [0.25, 0.3) is 0 Å². The average Bonchev–Trinajstić information content (AvgIpc) is 1.95. The van der Waals surface area contributed by atoms with Crippen molar-refractivity contribution in [3.8, 4) is 0 Å². The van der Waals surface area contributed by atoms with Gasteiger partial charge in [0, 0.05) is 17.7 Å². The van der Waals surface area contributed by atoms with Crippen LogP contribution in [0.15, 0.2) is 16.7 Å². The summed E-state index contributed by atoms with van der Waals surface area (Å²) in [7, 11) is 1.78. The van der Waals surface area contributed by atoms with E-state index in [1.807, 2.05) is 0 Å². The van der Waals surface area contributed by atoms with Crippen LogP contribution in [0.3, 0.4) is 0 Å². The van der Waals surface area contributed by atoms with E-state index in [0.717, 1.165) is 4.47 Å². The average molecular weight is 221 g/mol. The topological polar surface area (TPSA) is 24.9 Å². The lowest BCUT2D eigenvalue weighted by Crippen LogP contribution is -1.92. The Kier molecular flexibility index (Phi) is 2.51. The van der Waals surface area contributed by atoms with E-state index in [9.17, 15) is 0 Å². The van der Waals surface area contributed by atoms with Crippen molar-refractivity contribution >= 4 is 33.3 Å². The van der Waals surface area contributed by atoms with E-state index in [-0.39, 0.29) is 0 Å². The van der Waals surface area contributed by atoms with Gasteiger partial charge in [-0.25, -0.2) is 4.98 Å². The minimum Gasteiger partial charge on any atom is -0.372 e. The lowest BCUT2D eigenvalue weighted by atomic mass is 10.5. The molecule has 0 unspecified atom stereocenters. The lowest BCUT2D eigenvalue weighted by molar-refractivity contribution is 1.28. The summed E-state index contributed by atoms with van der Waals surface area (Å²) in [6, 6.07) is 1.79. The Balaban J connectivity index is 3.14. The summed E-state index contributed by atoms with van der Waals surface area (Å²) >= 11 is 9.10. The Morgan fingerprint density at radius 1 is 1.70 bits per heavy atom. The first-order valence-corrected chi connectivity index (χ1v) is 3.90. The van der Waals surface area contributed by atoms with Crippen LogP contribution in [0.1, 0.15) is 0 Å². The van der Waals surface area contributed by atoms with Gasteiger partial charge in [0.1, 0.15) is 5.82 Å². The molecule has 0 aliphatic heterocycles. The molecule has 4 heteroatoms. The smallest absolute Gasteiger partial charge is 0.145 e. The number of rotatable bonds is 1. The summed E-state index contributed by atoms with van der Waals surface area (Å²) in [5.74, 6) is 0.691. The second-order valence-electron chi connectivity index (χ2n) is 1.71. The highest BCUT2D eigenvalue weighted by Gasteiger charge is 2.01. The normalized spacial score (nSPS) is 9.50. The highest BCUT2D eigenvalue weighted by Crippen LogP contribution is 2.26. The molecule has 0 aromatic carbocycles. The van der Waals surface area contributed by atoms with Gasteiger partial charge < -0.3 is 5.32 Å². The van der Waals surface area contributed by atoms with Gasteiger partial charge in [-0.3, -0.25) is 0 Å². The molecule has 0 saturated heterocycles. The maximum Gasteiger partial charge on any atom is 0.145 e. The highest BCUT2D eigenvalue weighted by atomic mass is 79.9. The fraction of sp³-hybridized carbons (Fsp3) is 0.167. The molecule has 1 aromatic heterocycles. The fourth-order valence-electron chi connectivity index (χ4n) is 0.594. The first kappa shape index (κ1) is 7.82. The number of hydrogen-bond donors (Lipinski definition) is 1. The number of pyridine rings is 1. The van der Waals surface area contributed by atoms with Gasteiger partial charge in [-0.2, -0.15) is 0 Å². The number of nitrogens with zero attached hydrogens (tertiary/aromatic N) is 1. The molecular weight excluding hydrogens is 215 g/mol. The van der Waals surface area contributed by atoms with Crippen LogP contribution in [0.2, 0.25) is 5.02 Å². The van der Waals surface area contributed by atoms with Crippen molar-refractivity contribution < 1.29 is 0 Å². The highest BCUT2D eigenvalue weighted by molar-refractivity contribution is 9.10. The maximum absolute atomic E-state index is 5.82. The van der Waals surface area contributed by atoms with Crippen LogP contribution in [0.5, 0.6) is 0 Å². The zero-order valence-corrected chi connectivity index (χ0v) is 7.70. The molecule has 0 fully saturated rings. The van der Waals surface area contributed by atoms with E-state index in [1.165, 1.54) is 0 Å². The number of nitrogens with one attached hydrogen (secondary N) is 1. The number of aromatic nitrogens is 1. The molecule has 0 spiro atoms. The number of hydrogen-bond acceptors (Lipinski definition) is 2. The third kappa shape index (κ3) is 1.41. The Morgan fingerprint density at radius 3 is 2.90 bits per heavy atom. The van der Waals surface area contributed by atoms with E-state index < -0.39 is 0 Å². The zero-order valence-electron chi connectivity index (χ0n) is 5.36. The Labute approximate surface area is 72.7 Å². The van der Waals surface area contributed by atoms with Crippen molar-refractivity contribution in [3.63, 3.8) is 0 Å². The predicted octanol–water partition coefficient (Wildman–Crippen LogP) is 2.54.